The first-order valence-electron chi connectivity index (χ1n) is 5.82. The maximum absolute atomic E-state index is 5.39. The fourth-order valence-electron chi connectivity index (χ4n) is 1.64. The Balaban J connectivity index is 2.42. The van der Waals surface area contributed by atoms with Crippen LogP contribution in [0, 0.1) is 3.57 Å². The van der Waals surface area contributed by atoms with Gasteiger partial charge in [0.05, 0.1) is 0 Å². The van der Waals surface area contributed by atoms with Gasteiger partial charge in [0.15, 0.2) is 0 Å². The van der Waals surface area contributed by atoms with Crippen LogP contribution < -0.4 is 0 Å². The molecule has 0 aliphatic carbocycles. The smallest absolute Gasteiger partial charge is 0.140 e. The molecule has 1 nitrogen and oxygen atoms in total. The third kappa shape index (κ3) is 3.70. The molecular formula is C15H14INS2. The molecule has 0 bridgehead atoms. The van der Waals surface area contributed by atoms with Crippen LogP contribution in [0.1, 0.15) is 0 Å². The van der Waals surface area contributed by atoms with Crippen molar-refractivity contribution in [3.63, 3.8) is 0 Å². The fourth-order valence-corrected chi connectivity index (χ4v) is 3.40. The molecule has 0 spiro atoms. The van der Waals surface area contributed by atoms with Crippen molar-refractivity contribution < 1.29 is 0 Å². The van der Waals surface area contributed by atoms with Crippen molar-refractivity contribution >= 4 is 50.9 Å². The molecule has 0 atom stereocenters. The highest BCUT2D eigenvalue weighted by Crippen LogP contribution is 2.34. The molecule has 0 unspecified atom stereocenters. The van der Waals surface area contributed by atoms with E-state index in [2.05, 4.69) is 71.1 Å². The van der Waals surface area contributed by atoms with Crippen LogP contribution in [0.4, 0.5) is 0 Å². The van der Waals surface area contributed by atoms with Gasteiger partial charge in [0, 0.05) is 22.6 Å². The Kier molecular flexibility index (Phi) is 5.24. The highest BCUT2D eigenvalue weighted by atomic mass is 127. The van der Waals surface area contributed by atoms with Gasteiger partial charge < -0.3 is 4.90 Å². The van der Waals surface area contributed by atoms with Gasteiger partial charge in [-0.1, -0.05) is 60.4 Å². The molecule has 0 fully saturated rings. The summed E-state index contributed by atoms with van der Waals surface area (Å²) in [5.41, 5.74) is 2.49. The molecule has 4 heteroatoms. The maximum Gasteiger partial charge on any atom is 0.140 e. The van der Waals surface area contributed by atoms with Crippen LogP contribution in [0.3, 0.4) is 0 Å². The zero-order valence-electron chi connectivity index (χ0n) is 10.8. The molecule has 0 saturated heterocycles. The molecule has 0 saturated carbocycles. The number of hydrogen-bond acceptors (Lipinski definition) is 2. The minimum absolute atomic E-state index is 0.874. The van der Waals surface area contributed by atoms with Crippen LogP contribution in [0.2, 0.25) is 0 Å². The highest BCUT2D eigenvalue weighted by Gasteiger charge is 2.10. The van der Waals surface area contributed by atoms with E-state index < -0.39 is 0 Å². The Morgan fingerprint density at radius 2 is 1.58 bits per heavy atom. The van der Waals surface area contributed by atoms with E-state index >= 15 is 0 Å². The van der Waals surface area contributed by atoms with Crippen LogP contribution in [0.5, 0.6) is 0 Å². The summed E-state index contributed by atoms with van der Waals surface area (Å²) in [5, 5.41) is 0. The summed E-state index contributed by atoms with van der Waals surface area (Å²) in [6.45, 7) is 0. The number of thioether (sulfide) groups is 1. The summed E-state index contributed by atoms with van der Waals surface area (Å²) in [4.78, 5) is 3.16. The Morgan fingerprint density at radius 1 is 1.00 bits per heavy atom. The molecule has 0 heterocycles. The standard InChI is InChI=1S/C15H14INS2/c1-17(2)15(18)19-14-10-6-4-8-12(14)11-7-3-5-9-13(11)16/h3-10H,1-2H3. The van der Waals surface area contributed by atoms with Gasteiger partial charge in [-0.15, -0.1) is 0 Å². The van der Waals surface area contributed by atoms with Crippen LogP contribution in [0.25, 0.3) is 11.1 Å². The summed E-state index contributed by atoms with van der Waals surface area (Å²) in [6.07, 6.45) is 0. The van der Waals surface area contributed by atoms with Crippen molar-refractivity contribution in [2.45, 2.75) is 4.90 Å². The topological polar surface area (TPSA) is 3.24 Å². The minimum atomic E-state index is 0.874. The van der Waals surface area contributed by atoms with Crippen molar-refractivity contribution in [1.29, 1.82) is 0 Å². The molecule has 2 aromatic carbocycles. The Bertz CT molecular complexity index is 596. The first-order valence-corrected chi connectivity index (χ1v) is 8.13. The number of rotatable bonds is 2. The Hall–Kier alpha value is -0.590. The van der Waals surface area contributed by atoms with Gasteiger partial charge in [-0.2, -0.15) is 0 Å². The summed E-state index contributed by atoms with van der Waals surface area (Å²) in [7, 11) is 3.95. The summed E-state index contributed by atoms with van der Waals surface area (Å²) < 4.78 is 2.13. The van der Waals surface area contributed by atoms with Crippen molar-refractivity contribution in [3.05, 3.63) is 52.1 Å². The molecule has 98 valence electrons. The van der Waals surface area contributed by atoms with Gasteiger partial charge in [-0.3, -0.25) is 0 Å². The van der Waals surface area contributed by atoms with E-state index in [1.807, 2.05) is 19.0 Å². The molecule has 0 radical (unpaired) electrons. The zero-order chi connectivity index (χ0) is 13.8. The molecule has 0 aromatic heterocycles. The van der Waals surface area contributed by atoms with E-state index in [1.54, 1.807) is 11.8 Å². The molecule has 0 amide bonds. The third-order valence-corrected chi connectivity index (χ3v) is 5.29. The van der Waals surface area contributed by atoms with Gasteiger partial charge in [0.1, 0.15) is 4.32 Å². The van der Waals surface area contributed by atoms with Crippen molar-refractivity contribution in [2.75, 3.05) is 14.1 Å². The molecule has 0 aliphatic rings. The van der Waals surface area contributed by atoms with Crippen LogP contribution in [-0.2, 0) is 0 Å². The summed E-state index contributed by atoms with van der Waals surface area (Å²) in [5.74, 6) is 0. The van der Waals surface area contributed by atoms with Crippen molar-refractivity contribution in [1.82, 2.24) is 4.90 Å². The quantitative estimate of drug-likeness (QED) is 0.402. The van der Waals surface area contributed by atoms with E-state index in [0.717, 1.165) is 4.32 Å². The normalized spacial score (nSPS) is 10.3. The lowest BCUT2D eigenvalue weighted by Crippen LogP contribution is -2.15. The molecule has 0 N–H and O–H groups in total. The number of benzene rings is 2. The lowest BCUT2D eigenvalue weighted by Gasteiger charge is -2.15. The average molecular weight is 399 g/mol. The fraction of sp³-hybridized carbons (Fsp3) is 0.133. The van der Waals surface area contributed by atoms with E-state index in [4.69, 9.17) is 12.2 Å². The second-order valence-corrected chi connectivity index (χ2v) is 7.08. The first kappa shape index (κ1) is 14.8. The lowest BCUT2D eigenvalue weighted by atomic mass is 10.1. The molecule has 0 aliphatic heterocycles. The van der Waals surface area contributed by atoms with Crippen LogP contribution in [-0.4, -0.2) is 23.3 Å². The zero-order valence-corrected chi connectivity index (χ0v) is 14.6. The number of thiocarbonyl (C=S) groups is 1. The molecule has 2 rings (SSSR count). The largest absolute Gasteiger partial charge is 0.363 e. The van der Waals surface area contributed by atoms with Gasteiger partial charge >= 0.3 is 0 Å². The second-order valence-electron chi connectivity index (χ2n) is 4.24. The Labute approximate surface area is 137 Å². The molecule has 2 aromatic rings. The minimum Gasteiger partial charge on any atom is -0.363 e. The number of hydrogen-bond donors (Lipinski definition) is 0. The van der Waals surface area contributed by atoms with E-state index in [1.165, 1.54) is 19.6 Å². The monoisotopic (exact) mass is 399 g/mol. The Morgan fingerprint density at radius 3 is 2.21 bits per heavy atom. The first-order chi connectivity index (χ1) is 9.09. The highest BCUT2D eigenvalue weighted by molar-refractivity contribution is 14.1. The van der Waals surface area contributed by atoms with Crippen molar-refractivity contribution in [3.8, 4) is 11.1 Å². The van der Waals surface area contributed by atoms with Gasteiger partial charge in [0.25, 0.3) is 0 Å². The second kappa shape index (κ2) is 6.72. The van der Waals surface area contributed by atoms with E-state index in [-0.39, 0.29) is 0 Å². The van der Waals surface area contributed by atoms with Crippen molar-refractivity contribution in [2.24, 2.45) is 0 Å². The van der Waals surface area contributed by atoms with E-state index in [9.17, 15) is 0 Å². The third-order valence-electron chi connectivity index (χ3n) is 2.61. The molecular weight excluding hydrogens is 385 g/mol. The number of halogens is 1. The van der Waals surface area contributed by atoms with Crippen LogP contribution >= 0.6 is 46.6 Å². The van der Waals surface area contributed by atoms with Gasteiger partial charge in [0.2, 0.25) is 0 Å². The van der Waals surface area contributed by atoms with Gasteiger partial charge in [-0.05, 0) is 45.9 Å². The van der Waals surface area contributed by atoms with Gasteiger partial charge in [-0.25, -0.2) is 0 Å². The SMILES string of the molecule is CN(C)C(=S)Sc1ccccc1-c1ccccc1I. The van der Waals surface area contributed by atoms with E-state index in [0.29, 0.717) is 0 Å². The summed E-state index contributed by atoms with van der Waals surface area (Å²) in [6, 6.07) is 16.8. The maximum atomic E-state index is 5.39. The number of nitrogens with zero attached hydrogens (tertiary/aromatic N) is 1. The summed E-state index contributed by atoms with van der Waals surface area (Å²) >= 11 is 9.40. The molecule has 19 heavy (non-hydrogen) atoms. The predicted octanol–water partition coefficient (Wildman–Crippen LogP) is 4.90. The van der Waals surface area contributed by atoms with Crippen LogP contribution in [0.15, 0.2) is 53.4 Å². The lowest BCUT2D eigenvalue weighted by molar-refractivity contribution is 0.648. The average Bonchev–Trinajstić information content (AvgIpc) is 2.40. The predicted molar refractivity (Wildman–Crippen MR) is 96.7 cm³/mol.